The second-order valence-corrected chi connectivity index (χ2v) is 2.96. The summed E-state index contributed by atoms with van der Waals surface area (Å²) >= 11 is 0. The SMILES string of the molecule is CC(C)=C(C)C(=O)NCCCO. The van der Waals surface area contributed by atoms with Gasteiger partial charge in [0, 0.05) is 18.7 Å². The van der Waals surface area contributed by atoms with Crippen molar-refractivity contribution in [2.75, 3.05) is 13.2 Å². The lowest BCUT2D eigenvalue weighted by atomic mass is 10.1. The van der Waals surface area contributed by atoms with E-state index in [0.717, 1.165) is 11.1 Å². The van der Waals surface area contributed by atoms with E-state index < -0.39 is 0 Å². The zero-order valence-corrected chi connectivity index (χ0v) is 7.98. The van der Waals surface area contributed by atoms with Crippen molar-refractivity contribution in [3.8, 4) is 0 Å². The predicted octanol–water partition coefficient (Wildman–Crippen LogP) is 0.841. The molecule has 70 valence electrons. The molecule has 12 heavy (non-hydrogen) atoms. The van der Waals surface area contributed by atoms with Crippen molar-refractivity contribution < 1.29 is 9.90 Å². The summed E-state index contributed by atoms with van der Waals surface area (Å²) in [6.45, 7) is 6.26. The van der Waals surface area contributed by atoms with Gasteiger partial charge in [0.2, 0.25) is 5.91 Å². The lowest BCUT2D eigenvalue weighted by Gasteiger charge is -2.05. The third kappa shape index (κ3) is 4.13. The largest absolute Gasteiger partial charge is 0.396 e. The van der Waals surface area contributed by atoms with Gasteiger partial charge in [-0.25, -0.2) is 0 Å². The Morgan fingerprint density at radius 1 is 1.33 bits per heavy atom. The lowest BCUT2D eigenvalue weighted by molar-refractivity contribution is -0.117. The minimum absolute atomic E-state index is 0.0385. The number of carbonyl (C=O) groups excluding carboxylic acids is 1. The molecule has 0 atom stereocenters. The number of aliphatic hydroxyl groups excluding tert-OH is 1. The zero-order valence-electron chi connectivity index (χ0n) is 7.98. The minimum Gasteiger partial charge on any atom is -0.396 e. The van der Waals surface area contributed by atoms with E-state index in [4.69, 9.17) is 5.11 Å². The summed E-state index contributed by atoms with van der Waals surface area (Å²) in [5.41, 5.74) is 1.78. The summed E-state index contributed by atoms with van der Waals surface area (Å²) < 4.78 is 0. The number of amides is 1. The van der Waals surface area contributed by atoms with Crippen molar-refractivity contribution in [3.63, 3.8) is 0 Å². The van der Waals surface area contributed by atoms with Crippen molar-refractivity contribution in [1.82, 2.24) is 5.32 Å². The third-order valence-corrected chi connectivity index (χ3v) is 1.71. The van der Waals surface area contributed by atoms with Crippen molar-refractivity contribution in [2.45, 2.75) is 27.2 Å². The van der Waals surface area contributed by atoms with E-state index in [2.05, 4.69) is 5.32 Å². The van der Waals surface area contributed by atoms with Crippen LogP contribution in [0.3, 0.4) is 0 Å². The lowest BCUT2D eigenvalue weighted by Crippen LogP contribution is -2.26. The fourth-order valence-corrected chi connectivity index (χ4v) is 0.641. The Bertz CT molecular complexity index is 181. The zero-order chi connectivity index (χ0) is 9.56. The van der Waals surface area contributed by atoms with Gasteiger partial charge in [-0.05, 0) is 27.2 Å². The first-order chi connectivity index (χ1) is 5.59. The number of aliphatic hydroxyl groups is 1. The highest BCUT2D eigenvalue weighted by atomic mass is 16.3. The van der Waals surface area contributed by atoms with Crippen LogP contribution in [0.2, 0.25) is 0 Å². The van der Waals surface area contributed by atoms with Crippen molar-refractivity contribution in [2.24, 2.45) is 0 Å². The summed E-state index contributed by atoms with van der Waals surface area (Å²) in [5, 5.41) is 11.2. The van der Waals surface area contributed by atoms with Gasteiger partial charge in [-0.15, -0.1) is 0 Å². The molecule has 3 heteroatoms. The van der Waals surface area contributed by atoms with Crippen LogP contribution in [-0.2, 0) is 4.79 Å². The van der Waals surface area contributed by atoms with Gasteiger partial charge in [-0.1, -0.05) is 5.57 Å². The van der Waals surface area contributed by atoms with Gasteiger partial charge in [-0.3, -0.25) is 4.79 Å². The summed E-state index contributed by atoms with van der Waals surface area (Å²) in [4.78, 5) is 11.2. The average Bonchev–Trinajstić information content (AvgIpc) is 2.03. The second kappa shape index (κ2) is 5.77. The molecule has 0 saturated carbocycles. The monoisotopic (exact) mass is 171 g/mol. The molecule has 0 aliphatic heterocycles. The smallest absolute Gasteiger partial charge is 0.246 e. The molecule has 0 aliphatic rings. The van der Waals surface area contributed by atoms with Crippen LogP contribution < -0.4 is 5.32 Å². The van der Waals surface area contributed by atoms with E-state index in [0.29, 0.717) is 13.0 Å². The van der Waals surface area contributed by atoms with Crippen LogP contribution in [0.5, 0.6) is 0 Å². The molecule has 1 amide bonds. The molecule has 0 spiro atoms. The molecule has 0 rings (SSSR count). The van der Waals surface area contributed by atoms with E-state index in [-0.39, 0.29) is 12.5 Å². The molecule has 0 aromatic heterocycles. The maximum atomic E-state index is 11.2. The first-order valence-electron chi connectivity index (χ1n) is 4.12. The molecule has 0 unspecified atom stereocenters. The normalized spacial score (nSPS) is 9.33. The first kappa shape index (κ1) is 11.2. The Balaban J connectivity index is 3.81. The van der Waals surface area contributed by atoms with Crippen molar-refractivity contribution in [1.29, 1.82) is 0 Å². The van der Waals surface area contributed by atoms with Crippen LogP contribution in [-0.4, -0.2) is 24.2 Å². The van der Waals surface area contributed by atoms with Gasteiger partial charge in [-0.2, -0.15) is 0 Å². The predicted molar refractivity (Wildman–Crippen MR) is 48.8 cm³/mol. The average molecular weight is 171 g/mol. The van der Waals surface area contributed by atoms with Crippen LogP contribution >= 0.6 is 0 Å². The number of carbonyl (C=O) groups is 1. The Morgan fingerprint density at radius 3 is 2.33 bits per heavy atom. The molecular formula is C9H17NO2. The molecule has 0 bridgehead atoms. The fraction of sp³-hybridized carbons (Fsp3) is 0.667. The van der Waals surface area contributed by atoms with Crippen LogP contribution in [0.1, 0.15) is 27.2 Å². The van der Waals surface area contributed by atoms with Gasteiger partial charge >= 0.3 is 0 Å². The standard InChI is InChI=1S/C9H17NO2/c1-7(2)8(3)9(12)10-5-4-6-11/h11H,4-6H2,1-3H3,(H,10,12). The summed E-state index contributed by atoms with van der Waals surface area (Å²) in [5.74, 6) is -0.0385. The Morgan fingerprint density at radius 2 is 1.92 bits per heavy atom. The van der Waals surface area contributed by atoms with Gasteiger partial charge < -0.3 is 10.4 Å². The quantitative estimate of drug-likeness (QED) is 0.486. The molecule has 0 radical (unpaired) electrons. The topological polar surface area (TPSA) is 49.3 Å². The van der Waals surface area contributed by atoms with E-state index in [1.54, 1.807) is 6.92 Å². The molecular weight excluding hydrogens is 154 g/mol. The number of allylic oxidation sites excluding steroid dienone is 1. The van der Waals surface area contributed by atoms with Gasteiger partial charge in [0.1, 0.15) is 0 Å². The first-order valence-corrected chi connectivity index (χ1v) is 4.12. The number of rotatable bonds is 4. The van der Waals surface area contributed by atoms with Crippen LogP contribution in [0.25, 0.3) is 0 Å². The highest BCUT2D eigenvalue weighted by molar-refractivity contribution is 5.93. The molecule has 0 aliphatic carbocycles. The number of hydrogen-bond acceptors (Lipinski definition) is 2. The molecule has 3 nitrogen and oxygen atoms in total. The van der Waals surface area contributed by atoms with Crippen LogP contribution in [0.15, 0.2) is 11.1 Å². The van der Waals surface area contributed by atoms with E-state index >= 15 is 0 Å². The molecule has 0 aromatic rings. The highest BCUT2D eigenvalue weighted by Crippen LogP contribution is 2.00. The summed E-state index contributed by atoms with van der Waals surface area (Å²) in [7, 11) is 0. The number of nitrogens with one attached hydrogen (secondary N) is 1. The molecule has 2 N–H and O–H groups in total. The van der Waals surface area contributed by atoms with E-state index in [1.807, 2.05) is 13.8 Å². The minimum atomic E-state index is -0.0385. The van der Waals surface area contributed by atoms with Crippen molar-refractivity contribution >= 4 is 5.91 Å². The Kier molecular flexibility index (Phi) is 5.37. The molecule has 0 saturated heterocycles. The van der Waals surface area contributed by atoms with E-state index in [9.17, 15) is 4.79 Å². The highest BCUT2D eigenvalue weighted by Gasteiger charge is 2.03. The van der Waals surface area contributed by atoms with Crippen LogP contribution in [0.4, 0.5) is 0 Å². The molecule has 0 heterocycles. The van der Waals surface area contributed by atoms with Gasteiger partial charge in [0.15, 0.2) is 0 Å². The van der Waals surface area contributed by atoms with Crippen molar-refractivity contribution in [3.05, 3.63) is 11.1 Å². The summed E-state index contributed by atoms with van der Waals surface area (Å²) in [6, 6.07) is 0. The molecule has 0 aromatic carbocycles. The molecule has 0 fully saturated rings. The summed E-state index contributed by atoms with van der Waals surface area (Å²) in [6.07, 6.45) is 0.613. The van der Waals surface area contributed by atoms with Crippen LogP contribution in [0, 0.1) is 0 Å². The van der Waals surface area contributed by atoms with Gasteiger partial charge in [0.25, 0.3) is 0 Å². The number of hydrogen-bond donors (Lipinski definition) is 2. The third-order valence-electron chi connectivity index (χ3n) is 1.71. The second-order valence-electron chi connectivity index (χ2n) is 2.96. The maximum Gasteiger partial charge on any atom is 0.246 e. The Labute approximate surface area is 73.5 Å². The fourth-order valence-electron chi connectivity index (χ4n) is 0.641. The maximum absolute atomic E-state index is 11.2. The van der Waals surface area contributed by atoms with Gasteiger partial charge in [0.05, 0.1) is 0 Å². The van der Waals surface area contributed by atoms with E-state index in [1.165, 1.54) is 0 Å². The Hall–Kier alpha value is -0.830.